The maximum Gasteiger partial charge on any atom is 0.0867 e. The standard InChI is InChI=1S/C6H5Cl5/c7-2-1-3(8)5(10)6(11)4(2)9/h1-2,4-6H/t2-,4+,5+,6-/m0/s1. The fourth-order valence-electron chi connectivity index (χ4n) is 0.825. The zero-order valence-electron chi connectivity index (χ0n) is 5.28. The minimum Gasteiger partial charge on any atom is -0.119 e. The molecule has 0 spiro atoms. The summed E-state index contributed by atoms with van der Waals surface area (Å²) in [5, 5.41) is -1.04. The molecule has 0 fully saturated rings. The van der Waals surface area contributed by atoms with Crippen LogP contribution in [0.1, 0.15) is 0 Å². The van der Waals surface area contributed by atoms with E-state index in [4.69, 9.17) is 58.0 Å². The highest BCUT2D eigenvalue weighted by Gasteiger charge is 2.35. The Balaban J connectivity index is 2.83. The van der Waals surface area contributed by atoms with E-state index in [0.29, 0.717) is 5.03 Å². The van der Waals surface area contributed by atoms with Gasteiger partial charge in [-0.05, 0) is 6.08 Å². The fourth-order valence-corrected chi connectivity index (χ4v) is 2.41. The molecule has 0 bridgehead atoms. The molecule has 0 N–H and O–H groups in total. The van der Waals surface area contributed by atoms with E-state index >= 15 is 0 Å². The van der Waals surface area contributed by atoms with Crippen molar-refractivity contribution in [1.82, 2.24) is 0 Å². The summed E-state index contributed by atoms with van der Waals surface area (Å²) in [6.07, 6.45) is 1.62. The topological polar surface area (TPSA) is 0 Å². The van der Waals surface area contributed by atoms with Crippen molar-refractivity contribution in [2.24, 2.45) is 0 Å². The van der Waals surface area contributed by atoms with E-state index in [9.17, 15) is 0 Å². The van der Waals surface area contributed by atoms with Crippen molar-refractivity contribution >= 4 is 58.0 Å². The van der Waals surface area contributed by atoms with Crippen LogP contribution in [-0.4, -0.2) is 21.5 Å². The zero-order valence-corrected chi connectivity index (χ0v) is 9.06. The first-order chi connectivity index (χ1) is 5.04. The molecule has 4 atom stereocenters. The maximum absolute atomic E-state index is 5.83. The molecule has 0 aliphatic heterocycles. The third-order valence-electron chi connectivity index (χ3n) is 1.47. The van der Waals surface area contributed by atoms with Crippen LogP contribution in [0, 0.1) is 0 Å². The summed E-state index contributed by atoms with van der Waals surface area (Å²) >= 11 is 29.0. The van der Waals surface area contributed by atoms with Gasteiger partial charge in [0.1, 0.15) is 0 Å². The molecule has 0 aromatic heterocycles. The van der Waals surface area contributed by atoms with E-state index in [1.807, 2.05) is 0 Å². The van der Waals surface area contributed by atoms with Crippen molar-refractivity contribution in [2.75, 3.05) is 0 Å². The minimum absolute atomic E-state index is 0.332. The quantitative estimate of drug-likeness (QED) is 0.580. The van der Waals surface area contributed by atoms with Gasteiger partial charge in [0, 0.05) is 5.03 Å². The van der Waals surface area contributed by atoms with Crippen molar-refractivity contribution in [2.45, 2.75) is 21.5 Å². The predicted molar refractivity (Wildman–Crippen MR) is 52.5 cm³/mol. The van der Waals surface area contributed by atoms with Crippen molar-refractivity contribution < 1.29 is 0 Å². The van der Waals surface area contributed by atoms with Gasteiger partial charge < -0.3 is 0 Å². The van der Waals surface area contributed by atoms with Gasteiger partial charge in [0.2, 0.25) is 0 Å². The molecule has 11 heavy (non-hydrogen) atoms. The molecule has 0 aromatic carbocycles. The highest BCUT2D eigenvalue weighted by atomic mass is 35.5. The van der Waals surface area contributed by atoms with Crippen molar-refractivity contribution in [3.63, 3.8) is 0 Å². The second kappa shape index (κ2) is 3.93. The molecule has 0 heterocycles. The van der Waals surface area contributed by atoms with E-state index in [1.54, 1.807) is 6.08 Å². The van der Waals surface area contributed by atoms with Gasteiger partial charge in [0.05, 0.1) is 21.5 Å². The van der Waals surface area contributed by atoms with Gasteiger partial charge in [-0.25, -0.2) is 0 Å². The summed E-state index contributed by atoms with van der Waals surface area (Å²) in [7, 11) is 0. The lowest BCUT2D eigenvalue weighted by Gasteiger charge is -2.27. The molecule has 0 unspecified atom stereocenters. The normalized spacial score (nSPS) is 45.4. The summed E-state index contributed by atoms with van der Waals surface area (Å²) in [6, 6.07) is 0. The van der Waals surface area contributed by atoms with E-state index in [2.05, 4.69) is 0 Å². The van der Waals surface area contributed by atoms with Crippen molar-refractivity contribution in [3.8, 4) is 0 Å². The molecular weight excluding hydrogens is 249 g/mol. The Hall–Kier alpha value is 1.19. The average molecular weight is 254 g/mol. The lowest BCUT2D eigenvalue weighted by molar-refractivity contribution is 0.751. The predicted octanol–water partition coefficient (Wildman–Crippen LogP) is 3.55. The van der Waals surface area contributed by atoms with Crippen LogP contribution in [-0.2, 0) is 0 Å². The van der Waals surface area contributed by atoms with Crippen LogP contribution in [0.3, 0.4) is 0 Å². The van der Waals surface area contributed by atoms with Gasteiger partial charge in [-0.15, -0.1) is 46.4 Å². The first kappa shape index (κ1) is 10.3. The Bertz CT molecular complexity index is 178. The van der Waals surface area contributed by atoms with Gasteiger partial charge in [-0.1, -0.05) is 11.6 Å². The first-order valence-electron chi connectivity index (χ1n) is 2.97. The van der Waals surface area contributed by atoms with Gasteiger partial charge in [0.15, 0.2) is 0 Å². The Kier molecular flexibility index (Phi) is 3.67. The number of alkyl halides is 4. The zero-order chi connectivity index (χ0) is 8.59. The van der Waals surface area contributed by atoms with Crippen molar-refractivity contribution in [1.29, 1.82) is 0 Å². The summed E-state index contributed by atoms with van der Waals surface area (Å²) in [4.78, 5) is 0. The van der Waals surface area contributed by atoms with Crippen LogP contribution in [0.4, 0.5) is 0 Å². The van der Waals surface area contributed by atoms with Crippen LogP contribution >= 0.6 is 58.0 Å². The second-order valence-corrected chi connectivity index (χ2v) is 4.71. The molecule has 1 aliphatic carbocycles. The van der Waals surface area contributed by atoms with Gasteiger partial charge in [-0.3, -0.25) is 0 Å². The van der Waals surface area contributed by atoms with Crippen LogP contribution in [0.2, 0.25) is 0 Å². The van der Waals surface area contributed by atoms with Crippen LogP contribution in [0.25, 0.3) is 0 Å². The van der Waals surface area contributed by atoms with E-state index < -0.39 is 10.8 Å². The Labute approximate surface area is 90.4 Å². The highest BCUT2D eigenvalue weighted by Crippen LogP contribution is 2.35. The largest absolute Gasteiger partial charge is 0.119 e. The third-order valence-corrected chi connectivity index (χ3v) is 4.30. The summed E-state index contributed by atoms with van der Waals surface area (Å²) < 4.78 is 0. The molecule has 0 amide bonds. The Morgan fingerprint density at radius 3 is 2.09 bits per heavy atom. The number of hydrogen-bond donors (Lipinski definition) is 0. The number of allylic oxidation sites excluding steroid dienone is 2. The Morgan fingerprint density at radius 1 is 1.00 bits per heavy atom. The molecule has 0 nitrogen and oxygen atoms in total. The third kappa shape index (κ3) is 2.10. The average Bonchev–Trinajstić information content (AvgIpc) is 1.97. The highest BCUT2D eigenvalue weighted by molar-refractivity contribution is 6.44. The van der Waals surface area contributed by atoms with Crippen molar-refractivity contribution in [3.05, 3.63) is 11.1 Å². The fraction of sp³-hybridized carbons (Fsp3) is 0.667. The molecule has 0 saturated heterocycles. The molecule has 0 radical (unpaired) electrons. The molecule has 0 aromatic rings. The number of hydrogen-bond acceptors (Lipinski definition) is 0. The first-order valence-corrected chi connectivity index (χ1v) is 5.10. The molecule has 1 aliphatic rings. The van der Waals surface area contributed by atoms with E-state index in [0.717, 1.165) is 0 Å². The van der Waals surface area contributed by atoms with Crippen LogP contribution < -0.4 is 0 Å². The van der Waals surface area contributed by atoms with Crippen LogP contribution in [0.15, 0.2) is 11.1 Å². The summed E-state index contributed by atoms with van der Waals surface area (Å²) in [6.45, 7) is 0. The van der Waals surface area contributed by atoms with Gasteiger partial charge in [-0.2, -0.15) is 0 Å². The van der Waals surface area contributed by atoms with E-state index in [-0.39, 0.29) is 10.8 Å². The Morgan fingerprint density at radius 2 is 1.55 bits per heavy atom. The smallest absolute Gasteiger partial charge is 0.0867 e. The van der Waals surface area contributed by atoms with Gasteiger partial charge in [0.25, 0.3) is 0 Å². The molecule has 64 valence electrons. The molecule has 1 rings (SSSR count). The lowest BCUT2D eigenvalue weighted by atomic mass is 10.1. The van der Waals surface area contributed by atoms with E-state index in [1.165, 1.54) is 0 Å². The number of halogens is 5. The monoisotopic (exact) mass is 252 g/mol. The number of rotatable bonds is 0. The second-order valence-electron chi connectivity index (χ2n) is 2.29. The summed E-state index contributed by atoms with van der Waals surface area (Å²) in [5.74, 6) is 0. The molecular formula is C6H5Cl5. The van der Waals surface area contributed by atoms with Crippen LogP contribution in [0.5, 0.6) is 0 Å². The maximum atomic E-state index is 5.83. The molecule has 5 heteroatoms. The SMILES string of the molecule is ClC1=C[C@H](Cl)[C@@H](Cl)[C@H](Cl)[C@@H]1Cl. The minimum atomic E-state index is -0.421. The molecule has 0 saturated carbocycles. The summed E-state index contributed by atoms with van der Waals surface area (Å²) in [5.41, 5.74) is 0. The lowest BCUT2D eigenvalue weighted by Crippen LogP contribution is -2.36. The van der Waals surface area contributed by atoms with Gasteiger partial charge >= 0.3 is 0 Å².